The molecule has 0 saturated carbocycles. The molecule has 0 radical (unpaired) electrons. The molecule has 1 aliphatic rings. The van der Waals surface area contributed by atoms with E-state index >= 15 is 0 Å². The lowest BCUT2D eigenvalue weighted by Gasteiger charge is -2.39. The van der Waals surface area contributed by atoms with Crippen molar-refractivity contribution in [2.45, 2.75) is 35.7 Å². The van der Waals surface area contributed by atoms with Gasteiger partial charge in [0, 0.05) is 37.4 Å². The van der Waals surface area contributed by atoms with Crippen LogP contribution in [-0.4, -0.2) is 23.0 Å². The molecule has 0 bridgehead atoms. The quantitative estimate of drug-likeness (QED) is 0.502. The Labute approximate surface area is 156 Å². The lowest BCUT2D eigenvalue weighted by atomic mass is 9.84. The van der Waals surface area contributed by atoms with Crippen LogP contribution in [0.4, 0.5) is 0 Å². The van der Waals surface area contributed by atoms with Gasteiger partial charge in [-0.15, -0.1) is 0 Å². The monoisotopic (exact) mass is 455 g/mol. The third-order valence-electron chi connectivity index (χ3n) is 3.91. The molecule has 0 aliphatic heterocycles. The largest absolute Gasteiger partial charge is 0.458 e. The topological polar surface area (TPSA) is 65.5 Å². The molecule has 3 rings (SSSR count). The Balaban J connectivity index is 2.25. The molecule has 1 aliphatic carbocycles. The van der Waals surface area contributed by atoms with Crippen LogP contribution in [0.5, 0.6) is 0 Å². The van der Waals surface area contributed by atoms with E-state index in [1.54, 1.807) is 6.20 Å². The molecule has 2 aromatic rings. The second-order valence-corrected chi connectivity index (χ2v) is 9.45. The van der Waals surface area contributed by atoms with Crippen molar-refractivity contribution in [2.75, 3.05) is 0 Å². The number of hydrogen-bond donors (Lipinski definition) is 0. The number of benzene rings is 1. The molecule has 24 heavy (non-hydrogen) atoms. The van der Waals surface area contributed by atoms with E-state index in [1.165, 1.54) is 13.8 Å². The first-order valence-electron chi connectivity index (χ1n) is 7.40. The minimum atomic E-state index is -0.683. The van der Waals surface area contributed by atoms with Crippen molar-refractivity contribution in [3.05, 3.63) is 41.6 Å². The second kappa shape index (κ2) is 6.44. The van der Waals surface area contributed by atoms with Crippen molar-refractivity contribution >= 4 is 54.7 Å². The Kier molecular flexibility index (Phi) is 4.66. The lowest BCUT2D eigenvalue weighted by molar-refractivity contribution is -0.167. The minimum Gasteiger partial charge on any atom is -0.458 e. The number of rotatable bonds is 2. The number of pyridine rings is 1. The summed E-state index contributed by atoms with van der Waals surface area (Å²) < 4.78 is 10.4. The zero-order chi connectivity index (χ0) is 17.5. The Morgan fingerprint density at radius 3 is 2.54 bits per heavy atom. The van der Waals surface area contributed by atoms with E-state index < -0.39 is 27.4 Å². The van der Waals surface area contributed by atoms with E-state index in [9.17, 15) is 9.59 Å². The first-order chi connectivity index (χ1) is 11.3. The van der Waals surface area contributed by atoms with Gasteiger partial charge in [-0.3, -0.25) is 14.6 Å². The van der Waals surface area contributed by atoms with E-state index in [0.717, 1.165) is 22.0 Å². The summed E-state index contributed by atoms with van der Waals surface area (Å²) in [5, 5.41) is 0.862. The SMILES string of the molecule is CC(=O)O[C@H]1CC(Br)(Br)c2ccc3ncccc3c2[C@@H]1OC(C)=O. The maximum Gasteiger partial charge on any atom is 0.303 e. The van der Waals surface area contributed by atoms with Gasteiger partial charge in [0.25, 0.3) is 0 Å². The van der Waals surface area contributed by atoms with E-state index in [2.05, 4.69) is 36.8 Å². The van der Waals surface area contributed by atoms with Crippen LogP contribution in [0.25, 0.3) is 10.9 Å². The summed E-state index contributed by atoms with van der Waals surface area (Å²) in [5.74, 6) is -0.851. The van der Waals surface area contributed by atoms with Crippen LogP contribution in [0.1, 0.15) is 37.5 Å². The fourth-order valence-corrected chi connectivity index (χ4v) is 4.42. The number of alkyl halides is 2. The van der Waals surface area contributed by atoms with Gasteiger partial charge in [0.05, 0.1) is 5.52 Å². The van der Waals surface area contributed by atoms with E-state index in [-0.39, 0.29) is 0 Å². The fraction of sp³-hybridized carbons (Fsp3) is 0.353. The van der Waals surface area contributed by atoms with E-state index in [4.69, 9.17) is 9.47 Å². The molecule has 0 spiro atoms. The molecule has 7 heteroatoms. The summed E-state index contributed by atoms with van der Waals surface area (Å²) >= 11 is 7.33. The van der Waals surface area contributed by atoms with Gasteiger partial charge in [-0.2, -0.15) is 0 Å². The summed E-state index contributed by atoms with van der Waals surface area (Å²) in [6.07, 6.45) is 0.835. The van der Waals surface area contributed by atoms with Crippen LogP contribution in [0, 0.1) is 0 Å². The maximum absolute atomic E-state index is 11.6. The molecule has 126 valence electrons. The molecule has 1 heterocycles. The maximum atomic E-state index is 11.6. The Hall–Kier alpha value is -1.47. The predicted octanol–water partition coefficient (Wildman–Crippen LogP) is 4.12. The Bertz CT molecular complexity index is 821. The average molecular weight is 457 g/mol. The van der Waals surface area contributed by atoms with Crippen molar-refractivity contribution < 1.29 is 19.1 Å². The fourth-order valence-electron chi connectivity index (χ4n) is 3.09. The van der Waals surface area contributed by atoms with Gasteiger partial charge >= 0.3 is 11.9 Å². The predicted molar refractivity (Wildman–Crippen MR) is 96.0 cm³/mol. The molecule has 0 fully saturated rings. The van der Waals surface area contributed by atoms with Crippen LogP contribution in [0.2, 0.25) is 0 Å². The molecule has 0 saturated heterocycles. The Morgan fingerprint density at radius 1 is 1.17 bits per heavy atom. The van der Waals surface area contributed by atoms with E-state index in [1.807, 2.05) is 24.3 Å². The number of ether oxygens (including phenoxy) is 2. The number of carbonyl (C=O) groups is 2. The van der Waals surface area contributed by atoms with Crippen molar-refractivity contribution in [1.82, 2.24) is 4.98 Å². The number of carbonyl (C=O) groups excluding carboxylic acids is 2. The number of nitrogens with zero attached hydrogens (tertiary/aromatic N) is 1. The highest BCUT2D eigenvalue weighted by Crippen LogP contribution is 2.53. The van der Waals surface area contributed by atoms with Gasteiger partial charge in [-0.1, -0.05) is 44.0 Å². The third-order valence-corrected chi connectivity index (χ3v) is 5.41. The minimum absolute atomic E-state index is 0.420. The van der Waals surface area contributed by atoms with Crippen LogP contribution in [0.15, 0.2) is 30.5 Å². The molecule has 0 unspecified atom stereocenters. The number of esters is 2. The number of fused-ring (bicyclic) bond motifs is 3. The van der Waals surface area contributed by atoms with Crippen molar-refractivity contribution in [3.63, 3.8) is 0 Å². The first-order valence-corrected chi connectivity index (χ1v) is 8.98. The molecule has 1 aromatic heterocycles. The van der Waals surface area contributed by atoms with E-state index in [0.29, 0.717) is 6.42 Å². The Morgan fingerprint density at radius 2 is 1.88 bits per heavy atom. The smallest absolute Gasteiger partial charge is 0.303 e. The third kappa shape index (κ3) is 3.19. The highest BCUT2D eigenvalue weighted by molar-refractivity contribution is 9.24. The summed E-state index contributed by atoms with van der Waals surface area (Å²) in [4.78, 5) is 27.5. The van der Waals surface area contributed by atoms with Crippen LogP contribution in [-0.2, 0) is 22.3 Å². The molecular weight excluding hydrogens is 442 g/mol. The zero-order valence-corrected chi connectivity index (χ0v) is 16.3. The summed E-state index contributed by atoms with van der Waals surface area (Å²) in [6, 6.07) is 7.61. The second-order valence-electron chi connectivity index (χ2n) is 5.68. The first kappa shape index (κ1) is 17.4. The normalized spacial score (nSPS) is 21.8. The standard InChI is InChI=1S/C17H15Br2NO4/c1-9(21)23-14-8-17(18,19)12-5-6-13-11(4-3-7-20-13)15(12)16(14)24-10(2)22/h3-7,14,16H,8H2,1-2H3/t14-,16+/m0/s1. The molecular formula is C17H15Br2NO4. The van der Waals surface area contributed by atoms with Crippen molar-refractivity contribution in [1.29, 1.82) is 0 Å². The van der Waals surface area contributed by atoms with Crippen molar-refractivity contribution in [3.8, 4) is 0 Å². The summed E-state index contributed by atoms with van der Waals surface area (Å²) in [5.41, 5.74) is 2.51. The number of aromatic nitrogens is 1. The summed E-state index contributed by atoms with van der Waals surface area (Å²) in [7, 11) is 0. The van der Waals surface area contributed by atoms with Crippen LogP contribution in [0.3, 0.4) is 0 Å². The zero-order valence-electron chi connectivity index (χ0n) is 13.1. The molecule has 2 atom stereocenters. The van der Waals surface area contributed by atoms with Crippen LogP contribution >= 0.6 is 31.9 Å². The van der Waals surface area contributed by atoms with Gasteiger partial charge < -0.3 is 9.47 Å². The summed E-state index contributed by atoms with van der Waals surface area (Å²) in [6.45, 7) is 2.69. The van der Waals surface area contributed by atoms with Gasteiger partial charge in [0.2, 0.25) is 0 Å². The molecule has 5 nitrogen and oxygen atoms in total. The average Bonchev–Trinajstić information content (AvgIpc) is 2.49. The lowest BCUT2D eigenvalue weighted by Crippen LogP contribution is -2.38. The van der Waals surface area contributed by atoms with Gasteiger partial charge in [0.15, 0.2) is 6.10 Å². The van der Waals surface area contributed by atoms with Gasteiger partial charge in [-0.05, 0) is 17.7 Å². The van der Waals surface area contributed by atoms with Crippen LogP contribution < -0.4 is 0 Å². The molecule has 0 amide bonds. The highest BCUT2D eigenvalue weighted by atomic mass is 79.9. The van der Waals surface area contributed by atoms with Gasteiger partial charge in [0.1, 0.15) is 9.34 Å². The molecule has 1 aromatic carbocycles. The van der Waals surface area contributed by atoms with Gasteiger partial charge in [-0.25, -0.2) is 0 Å². The highest BCUT2D eigenvalue weighted by Gasteiger charge is 2.46. The van der Waals surface area contributed by atoms with Crippen molar-refractivity contribution in [2.24, 2.45) is 0 Å². The molecule has 0 N–H and O–H groups in total. The number of hydrogen-bond acceptors (Lipinski definition) is 5. The number of halogens is 2.